The average molecular weight is 294 g/mol. The van der Waals surface area contributed by atoms with E-state index in [1.165, 1.54) is 6.07 Å². The van der Waals surface area contributed by atoms with Crippen molar-refractivity contribution in [3.8, 4) is 0 Å². The number of para-hydroxylation sites is 1. The summed E-state index contributed by atoms with van der Waals surface area (Å²) in [6.07, 6.45) is 1.79. The summed E-state index contributed by atoms with van der Waals surface area (Å²) in [5, 5.41) is 2.41. The van der Waals surface area contributed by atoms with Gasteiger partial charge in [-0.25, -0.2) is 4.39 Å². The highest BCUT2D eigenvalue weighted by Crippen LogP contribution is 2.31. The number of nitrogens with one attached hydrogen (secondary N) is 1. The number of carbonyl (C=O) groups is 2. The van der Waals surface area contributed by atoms with Gasteiger partial charge in [0.2, 0.25) is 6.41 Å². The number of hydrogen-bond acceptors (Lipinski definition) is 4. The van der Waals surface area contributed by atoms with Gasteiger partial charge in [0, 0.05) is 13.1 Å². The van der Waals surface area contributed by atoms with Gasteiger partial charge in [-0.2, -0.15) is 0 Å². The molecule has 0 atom stereocenters. The first kappa shape index (κ1) is 15.3. The molecule has 0 aliphatic carbocycles. The van der Waals surface area contributed by atoms with E-state index >= 15 is 0 Å². The summed E-state index contributed by atoms with van der Waals surface area (Å²) >= 11 is 0. The van der Waals surface area contributed by atoms with Crippen molar-refractivity contribution >= 4 is 23.8 Å². The maximum atomic E-state index is 13.8. The largest absolute Gasteiger partial charge is 0.466 e. The van der Waals surface area contributed by atoms with E-state index in [0.29, 0.717) is 44.6 Å². The lowest BCUT2D eigenvalue weighted by Gasteiger charge is -2.33. The van der Waals surface area contributed by atoms with Gasteiger partial charge in [0.15, 0.2) is 0 Å². The number of hydrogen-bond donors (Lipinski definition) is 1. The van der Waals surface area contributed by atoms with Crippen molar-refractivity contribution in [3.63, 3.8) is 0 Å². The molecule has 0 bridgehead atoms. The smallest absolute Gasteiger partial charge is 0.309 e. The summed E-state index contributed by atoms with van der Waals surface area (Å²) in [7, 11) is 0. The van der Waals surface area contributed by atoms with Crippen molar-refractivity contribution < 1.29 is 18.7 Å². The minimum atomic E-state index is -0.466. The number of amides is 1. The Balaban J connectivity index is 2.07. The predicted octanol–water partition coefficient (Wildman–Crippen LogP) is 2.17. The highest BCUT2D eigenvalue weighted by Gasteiger charge is 2.27. The van der Waals surface area contributed by atoms with Crippen LogP contribution >= 0.6 is 0 Å². The van der Waals surface area contributed by atoms with Gasteiger partial charge < -0.3 is 15.0 Å². The Morgan fingerprint density at radius 2 is 2.19 bits per heavy atom. The zero-order valence-electron chi connectivity index (χ0n) is 12.0. The SMILES string of the molecule is CCOC(=O)C1CCN(c2cccc(F)c2NC=O)CC1. The molecule has 1 aromatic carbocycles. The van der Waals surface area contributed by atoms with Crippen LogP contribution in [0.5, 0.6) is 0 Å². The van der Waals surface area contributed by atoms with E-state index < -0.39 is 5.82 Å². The van der Waals surface area contributed by atoms with Crippen LogP contribution in [0.2, 0.25) is 0 Å². The molecule has 114 valence electrons. The molecule has 1 N–H and O–H groups in total. The first-order valence-electron chi connectivity index (χ1n) is 7.07. The third kappa shape index (κ3) is 3.51. The van der Waals surface area contributed by atoms with E-state index in [1.807, 2.05) is 4.90 Å². The Labute approximate surface area is 123 Å². The van der Waals surface area contributed by atoms with Gasteiger partial charge in [-0.05, 0) is 31.9 Å². The Morgan fingerprint density at radius 3 is 2.81 bits per heavy atom. The van der Waals surface area contributed by atoms with Crippen molar-refractivity contribution in [1.29, 1.82) is 0 Å². The molecule has 1 fully saturated rings. The molecule has 1 aliphatic heterocycles. The van der Waals surface area contributed by atoms with Crippen LogP contribution in [0.25, 0.3) is 0 Å². The first-order valence-corrected chi connectivity index (χ1v) is 7.07. The van der Waals surface area contributed by atoms with E-state index in [-0.39, 0.29) is 17.6 Å². The second-order valence-electron chi connectivity index (χ2n) is 4.91. The molecule has 0 spiro atoms. The van der Waals surface area contributed by atoms with Gasteiger partial charge in [0.05, 0.1) is 18.2 Å². The highest BCUT2D eigenvalue weighted by molar-refractivity contribution is 5.82. The molecule has 21 heavy (non-hydrogen) atoms. The molecule has 2 rings (SSSR count). The topological polar surface area (TPSA) is 58.6 Å². The van der Waals surface area contributed by atoms with Crippen molar-refractivity contribution in [2.45, 2.75) is 19.8 Å². The fourth-order valence-corrected chi connectivity index (χ4v) is 2.59. The number of piperidine rings is 1. The number of carbonyl (C=O) groups excluding carboxylic acids is 2. The number of anilines is 2. The van der Waals surface area contributed by atoms with Gasteiger partial charge in [0.1, 0.15) is 11.5 Å². The molecule has 1 amide bonds. The average Bonchev–Trinajstić information content (AvgIpc) is 2.50. The second kappa shape index (κ2) is 7.06. The maximum absolute atomic E-state index is 13.8. The summed E-state index contributed by atoms with van der Waals surface area (Å²) in [6, 6.07) is 4.68. The molecule has 0 aromatic heterocycles. The normalized spacial score (nSPS) is 15.6. The predicted molar refractivity (Wildman–Crippen MR) is 77.7 cm³/mol. The highest BCUT2D eigenvalue weighted by atomic mass is 19.1. The minimum absolute atomic E-state index is 0.0998. The zero-order valence-corrected chi connectivity index (χ0v) is 12.0. The molecule has 1 heterocycles. The Hall–Kier alpha value is -2.11. The van der Waals surface area contributed by atoms with Crippen molar-refractivity contribution in [2.24, 2.45) is 5.92 Å². The lowest BCUT2D eigenvalue weighted by molar-refractivity contribution is -0.148. The molecule has 5 nitrogen and oxygen atoms in total. The van der Waals surface area contributed by atoms with Crippen molar-refractivity contribution in [2.75, 3.05) is 29.9 Å². The van der Waals surface area contributed by atoms with Gasteiger partial charge in [-0.15, -0.1) is 0 Å². The number of rotatable bonds is 5. The fraction of sp³-hybridized carbons (Fsp3) is 0.467. The van der Waals surface area contributed by atoms with Crippen LogP contribution in [0.4, 0.5) is 15.8 Å². The molecule has 0 saturated carbocycles. The van der Waals surface area contributed by atoms with Crippen molar-refractivity contribution in [1.82, 2.24) is 0 Å². The van der Waals surface area contributed by atoms with Crippen LogP contribution in [0.3, 0.4) is 0 Å². The molecule has 1 saturated heterocycles. The number of esters is 1. The third-order valence-corrected chi connectivity index (χ3v) is 3.65. The Morgan fingerprint density at radius 1 is 1.48 bits per heavy atom. The first-order chi connectivity index (χ1) is 10.2. The number of halogens is 1. The van der Waals surface area contributed by atoms with Gasteiger partial charge in [-0.3, -0.25) is 9.59 Å². The quantitative estimate of drug-likeness (QED) is 0.668. The summed E-state index contributed by atoms with van der Waals surface area (Å²) in [5.74, 6) is -0.730. The molecule has 0 unspecified atom stereocenters. The molecule has 0 radical (unpaired) electrons. The molecule has 1 aliphatic rings. The van der Waals surface area contributed by atoms with E-state index in [9.17, 15) is 14.0 Å². The number of benzene rings is 1. The lowest BCUT2D eigenvalue weighted by atomic mass is 9.96. The third-order valence-electron chi connectivity index (χ3n) is 3.65. The van der Waals surface area contributed by atoms with Crippen LogP contribution in [0.15, 0.2) is 18.2 Å². The molecule has 6 heteroatoms. The van der Waals surface area contributed by atoms with Crippen LogP contribution in [-0.2, 0) is 14.3 Å². The van der Waals surface area contributed by atoms with E-state index in [2.05, 4.69) is 5.32 Å². The molecule has 1 aromatic rings. The summed E-state index contributed by atoms with van der Waals surface area (Å²) in [4.78, 5) is 24.3. The van der Waals surface area contributed by atoms with Crippen LogP contribution in [0.1, 0.15) is 19.8 Å². The Bertz CT molecular complexity index is 514. The summed E-state index contributed by atoms with van der Waals surface area (Å²) in [5.41, 5.74) is 0.825. The fourth-order valence-electron chi connectivity index (χ4n) is 2.59. The van der Waals surface area contributed by atoms with Gasteiger partial charge in [0.25, 0.3) is 0 Å². The summed E-state index contributed by atoms with van der Waals surface area (Å²) < 4.78 is 18.8. The summed E-state index contributed by atoms with van der Waals surface area (Å²) in [6.45, 7) is 3.43. The standard InChI is InChI=1S/C15H19FN2O3/c1-2-21-15(20)11-6-8-18(9-7-11)13-5-3-4-12(16)14(13)17-10-19/h3-5,10-11H,2,6-9H2,1H3,(H,17,19). The van der Waals surface area contributed by atoms with Crippen LogP contribution < -0.4 is 10.2 Å². The zero-order chi connectivity index (χ0) is 15.2. The number of nitrogens with zero attached hydrogens (tertiary/aromatic N) is 1. The monoisotopic (exact) mass is 294 g/mol. The molecular weight excluding hydrogens is 275 g/mol. The van der Waals surface area contributed by atoms with Gasteiger partial charge in [-0.1, -0.05) is 6.07 Å². The van der Waals surface area contributed by atoms with Crippen LogP contribution in [0, 0.1) is 11.7 Å². The Kier molecular flexibility index (Phi) is 5.14. The van der Waals surface area contributed by atoms with Crippen LogP contribution in [-0.4, -0.2) is 32.1 Å². The lowest BCUT2D eigenvalue weighted by Crippen LogP contribution is -2.37. The van der Waals surface area contributed by atoms with E-state index in [1.54, 1.807) is 19.1 Å². The van der Waals surface area contributed by atoms with E-state index in [0.717, 1.165) is 0 Å². The van der Waals surface area contributed by atoms with E-state index in [4.69, 9.17) is 4.74 Å². The van der Waals surface area contributed by atoms with Gasteiger partial charge >= 0.3 is 5.97 Å². The molecular formula is C15H19FN2O3. The second-order valence-corrected chi connectivity index (χ2v) is 4.91. The number of ether oxygens (including phenoxy) is 1. The maximum Gasteiger partial charge on any atom is 0.309 e. The van der Waals surface area contributed by atoms with Crippen molar-refractivity contribution in [3.05, 3.63) is 24.0 Å². The minimum Gasteiger partial charge on any atom is -0.466 e.